The highest BCUT2D eigenvalue weighted by Crippen LogP contribution is 2.89. The van der Waals surface area contributed by atoms with E-state index < -0.39 is 0 Å². The number of nitrogens with zero attached hydrogens (tertiary/aromatic N) is 1. The molecule has 4 fully saturated rings. The lowest BCUT2D eigenvalue weighted by Gasteiger charge is -2.76. The van der Waals surface area contributed by atoms with Gasteiger partial charge in [-0.1, -0.05) is 119 Å². The van der Waals surface area contributed by atoms with Gasteiger partial charge in [-0.2, -0.15) is 0 Å². The SMILES string of the molecule is CC1(C)CCC(C)(C)c2cc(-c3ccc(N(c4ccc5c(c4)-c4ccccc4C54C5CC6CC7CC4C75C6)c4ccc5ccccc5c4)cc3)ccc21. The van der Waals surface area contributed by atoms with Crippen LogP contribution in [0, 0.1) is 29.1 Å². The van der Waals surface area contributed by atoms with Gasteiger partial charge in [0.25, 0.3) is 0 Å². The number of anilines is 3. The van der Waals surface area contributed by atoms with Crippen molar-refractivity contribution >= 4 is 27.8 Å². The molecule has 6 aliphatic rings. The minimum absolute atomic E-state index is 0.191. The van der Waals surface area contributed by atoms with Crippen molar-refractivity contribution in [3.05, 3.63) is 150 Å². The molecule has 0 saturated heterocycles. The molecule has 0 heterocycles. The van der Waals surface area contributed by atoms with E-state index in [4.69, 9.17) is 0 Å². The van der Waals surface area contributed by atoms with Crippen LogP contribution in [0.1, 0.15) is 88.5 Å². The van der Waals surface area contributed by atoms with E-state index in [1.165, 1.54) is 99.7 Å². The summed E-state index contributed by atoms with van der Waals surface area (Å²) in [6, 6.07) is 49.5. The van der Waals surface area contributed by atoms with Gasteiger partial charge in [-0.05, 0) is 170 Å². The molecule has 262 valence electrons. The standard InChI is InChI=1S/C52H49N/c1-49(2)23-24-50(3,4)46-28-36(16-21-45(46)49)34-13-17-38(18-14-34)53(39-19-15-33-9-5-6-10-35(33)27-39)40-20-22-44-42(30-40)41-11-7-8-12-43(41)52(44)47-26-32-25-37-29-48(52)51(37,47)31-32/h5-22,27-28,30,32,37,47-48H,23-26,29,31H2,1-4H3. The van der Waals surface area contributed by atoms with E-state index in [9.17, 15) is 0 Å². The van der Waals surface area contributed by atoms with Gasteiger partial charge in [0.05, 0.1) is 0 Å². The molecule has 12 rings (SSSR count). The molecule has 2 spiro atoms. The van der Waals surface area contributed by atoms with Crippen molar-refractivity contribution in [2.24, 2.45) is 29.1 Å². The molecule has 4 saturated carbocycles. The van der Waals surface area contributed by atoms with E-state index in [0.29, 0.717) is 5.41 Å². The van der Waals surface area contributed by atoms with Crippen LogP contribution in [-0.2, 0) is 16.2 Å². The monoisotopic (exact) mass is 687 g/mol. The van der Waals surface area contributed by atoms with Crippen molar-refractivity contribution < 1.29 is 0 Å². The van der Waals surface area contributed by atoms with Crippen LogP contribution < -0.4 is 4.90 Å². The molecule has 6 aromatic carbocycles. The number of fused-ring (bicyclic) bond motifs is 10. The van der Waals surface area contributed by atoms with Gasteiger partial charge in [0, 0.05) is 22.5 Å². The summed E-state index contributed by atoms with van der Waals surface area (Å²) in [5.41, 5.74) is 16.8. The fraction of sp³-hybridized carbons (Fsp3) is 0.346. The Kier molecular flexibility index (Phi) is 5.88. The Balaban J connectivity index is 0.984. The Morgan fingerprint density at radius 2 is 1.13 bits per heavy atom. The lowest BCUT2D eigenvalue weighted by molar-refractivity contribution is -0.231. The number of hydrogen-bond acceptors (Lipinski definition) is 1. The first-order valence-corrected chi connectivity index (χ1v) is 20.5. The molecular weight excluding hydrogens is 639 g/mol. The summed E-state index contributed by atoms with van der Waals surface area (Å²) in [4.78, 5) is 2.50. The van der Waals surface area contributed by atoms with Gasteiger partial charge >= 0.3 is 0 Å². The van der Waals surface area contributed by atoms with Gasteiger partial charge in [-0.25, -0.2) is 0 Å². The van der Waals surface area contributed by atoms with Crippen LogP contribution in [0.2, 0.25) is 0 Å². The smallest absolute Gasteiger partial charge is 0.0468 e. The normalized spacial score (nSPS) is 29.9. The van der Waals surface area contributed by atoms with Gasteiger partial charge in [0.1, 0.15) is 0 Å². The zero-order chi connectivity index (χ0) is 35.5. The molecule has 53 heavy (non-hydrogen) atoms. The van der Waals surface area contributed by atoms with Gasteiger partial charge in [-0.3, -0.25) is 0 Å². The van der Waals surface area contributed by atoms with E-state index in [0.717, 1.165) is 23.7 Å². The highest BCUT2D eigenvalue weighted by molar-refractivity contribution is 5.92. The molecule has 0 N–H and O–H groups in total. The summed E-state index contributed by atoms with van der Waals surface area (Å²) in [6.07, 6.45) is 8.38. The molecule has 6 atom stereocenters. The van der Waals surface area contributed by atoms with E-state index in [2.05, 4.69) is 160 Å². The highest BCUT2D eigenvalue weighted by atomic mass is 15.1. The second-order valence-electron chi connectivity index (χ2n) is 19.3. The van der Waals surface area contributed by atoms with Crippen molar-refractivity contribution in [3.63, 3.8) is 0 Å². The molecule has 1 heteroatoms. The summed E-state index contributed by atoms with van der Waals surface area (Å²) in [5, 5.41) is 2.55. The Hall–Kier alpha value is -4.62. The summed E-state index contributed by atoms with van der Waals surface area (Å²) < 4.78 is 0. The van der Waals surface area contributed by atoms with Crippen molar-refractivity contribution in [3.8, 4) is 22.3 Å². The van der Waals surface area contributed by atoms with Crippen molar-refractivity contribution in [1.29, 1.82) is 0 Å². The quantitative estimate of drug-likeness (QED) is 0.178. The Bertz CT molecular complexity index is 2520. The van der Waals surface area contributed by atoms with Crippen LogP contribution in [0.4, 0.5) is 17.1 Å². The van der Waals surface area contributed by atoms with Gasteiger partial charge in [-0.15, -0.1) is 0 Å². The lowest BCUT2D eigenvalue weighted by atomic mass is 9.27. The highest BCUT2D eigenvalue weighted by Gasteiger charge is 2.84. The van der Waals surface area contributed by atoms with Gasteiger partial charge < -0.3 is 4.90 Å². The minimum atomic E-state index is 0.191. The van der Waals surface area contributed by atoms with Crippen LogP contribution in [0.15, 0.2) is 127 Å². The van der Waals surface area contributed by atoms with Crippen LogP contribution in [0.25, 0.3) is 33.0 Å². The summed E-state index contributed by atoms with van der Waals surface area (Å²) >= 11 is 0. The molecule has 0 aliphatic heterocycles. The Labute approximate surface area is 315 Å². The van der Waals surface area contributed by atoms with E-state index in [-0.39, 0.29) is 16.2 Å². The van der Waals surface area contributed by atoms with E-state index >= 15 is 0 Å². The maximum Gasteiger partial charge on any atom is 0.0468 e. The molecule has 0 radical (unpaired) electrons. The van der Waals surface area contributed by atoms with Crippen LogP contribution in [-0.4, -0.2) is 0 Å². The van der Waals surface area contributed by atoms with Gasteiger partial charge in [0.15, 0.2) is 0 Å². The third kappa shape index (κ3) is 3.79. The fourth-order valence-corrected chi connectivity index (χ4v) is 13.8. The maximum absolute atomic E-state index is 2.57. The molecule has 6 aromatic rings. The predicted molar refractivity (Wildman–Crippen MR) is 220 cm³/mol. The molecule has 1 nitrogen and oxygen atoms in total. The summed E-state index contributed by atoms with van der Waals surface area (Å²) in [6.45, 7) is 9.68. The van der Waals surface area contributed by atoms with Gasteiger partial charge in [0.2, 0.25) is 0 Å². The summed E-state index contributed by atoms with van der Waals surface area (Å²) in [5.74, 6) is 3.63. The van der Waals surface area contributed by atoms with Crippen molar-refractivity contribution in [2.75, 3.05) is 4.90 Å². The third-order valence-corrected chi connectivity index (χ3v) is 16.2. The average Bonchev–Trinajstić information content (AvgIpc) is 3.81. The molecule has 6 aliphatic carbocycles. The molecular formula is C52H49N. The second-order valence-corrected chi connectivity index (χ2v) is 19.3. The zero-order valence-corrected chi connectivity index (χ0v) is 31.6. The van der Waals surface area contributed by atoms with Crippen molar-refractivity contribution in [2.45, 2.75) is 82.5 Å². The summed E-state index contributed by atoms with van der Waals surface area (Å²) in [7, 11) is 0. The molecule has 2 bridgehead atoms. The largest absolute Gasteiger partial charge is 0.310 e. The Morgan fingerprint density at radius 3 is 1.96 bits per heavy atom. The van der Waals surface area contributed by atoms with Crippen molar-refractivity contribution in [1.82, 2.24) is 0 Å². The van der Waals surface area contributed by atoms with Crippen LogP contribution in [0.3, 0.4) is 0 Å². The van der Waals surface area contributed by atoms with E-state index in [1.807, 2.05) is 0 Å². The number of rotatable bonds is 4. The first-order valence-electron chi connectivity index (χ1n) is 20.5. The van der Waals surface area contributed by atoms with E-state index in [1.54, 1.807) is 11.1 Å². The lowest BCUT2D eigenvalue weighted by Crippen LogP contribution is -2.73. The third-order valence-electron chi connectivity index (χ3n) is 16.2. The average molecular weight is 688 g/mol. The molecule has 6 unspecified atom stereocenters. The zero-order valence-electron chi connectivity index (χ0n) is 31.6. The Morgan fingerprint density at radius 1 is 0.491 bits per heavy atom. The topological polar surface area (TPSA) is 3.24 Å². The first-order chi connectivity index (χ1) is 25.7. The predicted octanol–water partition coefficient (Wildman–Crippen LogP) is 13.7. The molecule has 0 amide bonds. The fourth-order valence-electron chi connectivity index (χ4n) is 13.8. The second kappa shape index (κ2) is 10.1. The van der Waals surface area contributed by atoms with Crippen LogP contribution in [0.5, 0.6) is 0 Å². The van der Waals surface area contributed by atoms with Crippen LogP contribution >= 0.6 is 0 Å². The minimum Gasteiger partial charge on any atom is -0.310 e. The number of benzene rings is 6. The number of hydrogen-bond donors (Lipinski definition) is 0. The maximum atomic E-state index is 2.57. The molecule has 0 aromatic heterocycles. The first kappa shape index (κ1) is 30.8.